The van der Waals surface area contributed by atoms with Gasteiger partial charge < -0.3 is 10.4 Å². The Kier molecular flexibility index (Phi) is 4.73. The molecule has 1 aliphatic carbocycles. The summed E-state index contributed by atoms with van der Waals surface area (Å²) < 4.78 is 14.6. The molecule has 0 spiro atoms. The van der Waals surface area contributed by atoms with Crippen LogP contribution >= 0.6 is 0 Å². The molecule has 1 heterocycles. The van der Waals surface area contributed by atoms with Gasteiger partial charge in [-0.15, -0.1) is 0 Å². The molecule has 0 unspecified atom stereocenters. The normalized spacial score (nSPS) is 18.5. The number of benzene rings is 2. The smallest absolute Gasteiger partial charge is 0.269 e. The van der Waals surface area contributed by atoms with Crippen LogP contribution in [0.3, 0.4) is 0 Å². The van der Waals surface area contributed by atoms with E-state index in [0.29, 0.717) is 24.2 Å². The fraction of sp³-hybridized carbons (Fsp3) is 0.273. The van der Waals surface area contributed by atoms with Crippen LogP contribution in [0.1, 0.15) is 28.0 Å². The second kappa shape index (κ2) is 7.20. The van der Waals surface area contributed by atoms with Crippen molar-refractivity contribution in [2.75, 3.05) is 6.54 Å². The van der Waals surface area contributed by atoms with Gasteiger partial charge in [0.15, 0.2) is 0 Å². The van der Waals surface area contributed by atoms with Gasteiger partial charge in [-0.25, -0.2) is 4.39 Å². The fourth-order valence-corrected chi connectivity index (χ4v) is 3.71. The average Bonchev–Trinajstić information content (AvgIpc) is 3.08. The van der Waals surface area contributed by atoms with E-state index in [0.717, 1.165) is 17.5 Å². The predicted octanol–water partition coefficient (Wildman–Crippen LogP) is 2.88. The van der Waals surface area contributed by atoms with E-state index < -0.39 is 5.60 Å². The summed E-state index contributed by atoms with van der Waals surface area (Å²) in [6.07, 6.45) is 1.93. The van der Waals surface area contributed by atoms with Crippen LogP contribution in [0, 0.1) is 5.82 Å². The van der Waals surface area contributed by atoms with Gasteiger partial charge in [-0.3, -0.25) is 9.48 Å². The van der Waals surface area contributed by atoms with Crippen molar-refractivity contribution >= 4 is 5.91 Å². The molecule has 4 rings (SSSR count). The number of nitrogens with one attached hydrogen (secondary N) is 1. The molecule has 6 heteroatoms. The molecule has 0 radical (unpaired) electrons. The van der Waals surface area contributed by atoms with Gasteiger partial charge in [0.25, 0.3) is 5.91 Å². The number of fused-ring (bicyclic) bond motifs is 1. The number of aryl methyl sites for hydroxylation is 2. The van der Waals surface area contributed by atoms with E-state index >= 15 is 0 Å². The third-order valence-corrected chi connectivity index (χ3v) is 5.33. The van der Waals surface area contributed by atoms with Gasteiger partial charge in [0, 0.05) is 25.6 Å². The maximum absolute atomic E-state index is 13.1. The van der Waals surface area contributed by atoms with Crippen molar-refractivity contribution in [1.29, 1.82) is 0 Å². The largest absolute Gasteiger partial charge is 0.388 e. The SMILES string of the molecule is Cn1nc(-c2ccc(F)cc2)cc1C(=O)NC[C@]1(O)CCc2ccccc2C1. The van der Waals surface area contributed by atoms with Crippen LogP contribution in [0.25, 0.3) is 11.3 Å². The number of rotatable bonds is 4. The molecule has 0 bridgehead atoms. The number of amides is 1. The van der Waals surface area contributed by atoms with Gasteiger partial charge in [0.2, 0.25) is 0 Å². The molecular weight excluding hydrogens is 357 g/mol. The van der Waals surface area contributed by atoms with E-state index in [-0.39, 0.29) is 18.3 Å². The van der Waals surface area contributed by atoms with Gasteiger partial charge in [0.05, 0.1) is 11.3 Å². The Morgan fingerprint density at radius 3 is 2.68 bits per heavy atom. The third kappa shape index (κ3) is 3.68. The molecule has 0 fully saturated rings. The number of nitrogens with zero attached hydrogens (tertiary/aromatic N) is 2. The molecule has 2 N–H and O–H groups in total. The molecule has 0 saturated heterocycles. The lowest BCUT2D eigenvalue weighted by Crippen LogP contribution is -2.47. The van der Waals surface area contributed by atoms with Crippen molar-refractivity contribution in [2.45, 2.75) is 24.9 Å². The third-order valence-electron chi connectivity index (χ3n) is 5.33. The highest BCUT2D eigenvalue weighted by molar-refractivity contribution is 5.93. The molecule has 0 saturated carbocycles. The predicted molar refractivity (Wildman–Crippen MR) is 104 cm³/mol. The summed E-state index contributed by atoms with van der Waals surface area (Å²) in [5.41, 5.74) is 3.15. The molecule has 2 aromatic carbocycles. The Morgan fingerprint density at radius 2 is 1.93 bits per heavy atom. The molecule has 1 aromatic heterocycles. The van der Waals surface area contributed by atoms with Crippen LogP contribution in [-0.2, 0) is 19.9 Å². The summed E-state index contributed by atoms with van der Waals surface area (Å²) in [6, 6.07) is 15.7. The van der Waals surface area contributed by atoms with Crippen molar-refractivity contribution in [3.63, 3.8) is 0 Å². The van der Waals surface area contributed by atoms with Crippen LogP contribution in [0.5, 0.6) is 0 Å². The summed E-state index contributed by atoms with van der Waals surface area (Å²) in [5.74, 6) is -0.615. The molecule has 28 heavy (non-hydrogen) atoms. The Labute approximate surface area is 162 Å². The summed E-state index contributed by atoms with van der Waals surface area (Å²) in [6.45, 7) is 0.178. The van der Waals surface area contributed by atoms with Crippen LogP contribution in [0.2, 0.25) is 0 Å². The first-order valence-corrected chi connectivity index (χ1v) is 9.31. The highest BCUT2D eigenvalue weighted by atomic mass is 19.1. The minimum absolute atomic E-state index is 0.178. The molecule has 1 atom stereocenters. The Balaban J connectivity index is 1.45. The number of aliphatic hydroxyl groups is 1. The maximum atomic E-state index is 13.1. The molecule has 3 aromatic rings. The molecule has 1 aliphatic rings. The Bertz CT molecular complexity index is 1010. The quantitative estimate of drug-likeness (QED) is 0.733. The summed E-state index contributed by atoms with van der Waals surface area (Å²) in [5, 5.41) is 18.1. The van der Waals surface area contributed by atoms with E-state index in [4.69, 9.17) is 0 Å². The Morgan fingerprint density at radius 1 is 1.21 bits per heavy atom. The molecule has 0 aliphatic heterocycles. The van der Waals surface area contributed by atoms with Gasteiger partial charge in [-0.2, -0.15) is 5.10 Å². The van der Waals surface area contributed by atoms with Crippen LogP contribution in [-0.4, -0.2) is 32.9 Å². The molecule has 5 nitrogen and oxygen atoms in total. The highest BCUT2D eigenvalue weighted by Crippen LogP contribution is 2.28. The minimum Gasteiger partial charge on any atom is -0.388 e. The number of aromatic nitrogens is 2. The summed E-state index contributed by atoms with van der Waals surface area (Å²) >= 11 is 0. The lowest BCUT2D eigenvalue weighted by molar-refractivity contribution is 0.0258. The van der Waals surface area contributed by atoms with Crippen LogP contribution in [0.15, 0.2) is 54.6 Å². The zero-order chi connectivity index (χ0) is 19.7. The first-order chi connectivity index (χ1) is 13.4. The van der Waals surface area contributed by atoms with Gasteiger partial charge in [0.1, 0.15) is 11.5 Å². The molecule has 1 amide bonds. The van der Waals surface area contributed by atoms with Gasteiger partial charge >= 0.3 is 0 Å². The van der Waals surface area contributed by atoms with Crippen LogP contribution < -0.4 is 5.32 Å². The highest BCUT2D eigenvalue weighted by Gasteiger charge is 2.32. The standard InChI is InChI=1S/C22H22FN3O2/c1-26-20(12-19(25-26)16-6-8-18(23)9-7-16)21(27)24-14-22(28)11-10-15-4-2-3-5-17(15)13-22/h2-9,12,28H,10-11,13-14H2,1H3,(H,24,27)/t22-/m0/s1. The second-order valence-electron chi connectivity index (χ2n) is 7.40. The zero-order valence-corrected chi connectivity index (χ0v) is 15.7. The van der Waals surface area contributed by atoms with Crippen molar-refractivity contribution in [3.05, 3.63) is 77.2 Å². The second-order valence-corrected chi connectivity index (χ2v) is 7.40. The summed E-state index contributed by atoms with van der Waals surface area (Å²) in [4.78, 5) is 12.7. The van der Waals surface area contributed by atoms with E-state index in [1.165, 1.54) is 22.4 Å². The van der Waals surface area contributed by atoms with E-state index in [1.54, 1.807) is 25.2 Å². The first kappa shape index (κ1) is 18.4. The van der Waals surface area contributed by atoms with Crippen molar-refractivity contribution < 1.29 is 14.3 Å². The average molecular weight is 379 g/mol. The van der Waals surface area contributed by atoms with Gasteiger partial charge in [-0.05, 0) is 54.3 Å². The number of halogens is 1. The number of carbonyl (C=O) groups is 1. The lowest BCUT2D eigenvalue weighted by atomic mass is 9.80. The summed E-state index contributed by atoms with van der Waals surface area (Å²) in [7, 11) is 1.69. The molecular formula is C22H22FN3O2. The molecule has 144 valence electrons. The van der Waals surface area contributed by atoms with Crippen molar-refractivity contribution in [2.24, 2.45) is 7.05 Å². The fourth-order valence-electron chi connectivity index (χ4n) is 3.71. The first-order valence-electron chi connectivity index (χ1n) is 9.31. The Hall–Kier alpha value is -2.99. The minimum atomic E-state index is -0.956. The lowest BCUT2D eigenvalue weighted by Gasteiger charge is -2.33. The number of hydrogen-bond donors (Lipinski definition) is 2. The van der Waals surface area contributed by atoms with E-state index in [1.807, 2.05) is 18.2 Å². The van der Waals surface area contributed by atoms with E-state index in [9.17, 15) is 14.3 Å². The van der Waals surface area contributed by atoms with Gasteiger partial charge in [-0.1, -0.05) is 24.3 Å². The number of carbonyl (C=O) groups excluding carboxylic acids is 1. The van der Waals surface area contributed by atoms with Crippen LogP contribution in [0.4, 0.5) is 4.39 Å². The van der Waals surface area contributed by atoms with Crippen molar-refractivity contribution in [1.82, 2.24) is 15.1 Å². The zero-order valence-electron chi connectivity index (χ0n) is 15.7. The van der Waals surface area contributed by atoms with E-state index in [2.05, 4.69) is 16.5 Å². The van der Waals surface area contributed by atoms with Crippen molar-refractivity contribution in [3.8, 4) is 11.3 Å². The topological polar surface area (TPSA) is 67.2 Å². The maximum Gasteiger partial charge on any atom is 0.269 e. The number of hydrogen-bond acceptors (Lipinski definition) is 3. The monoisotopic (exact) mass is 379 g/mol.